The van der Waals surface area contributed by atoms with Gasteiger partial charge in [0.2, 0.25) is 0 Å². The van der Waals surface area contributed by atoms with Crippen LogP contribution in [0.2, 0.25) is 5.02 Å². The Balaban J connectivity index is 2.14. The van der Waals surface area contributed by atoms with Crippen LogP contribution >= 0.6 is 35.6 Å². The Kier molecular flexibility index (Phi) is 3.15. The van der Waals surface area contributed by atoms with Gasteiger partial charge >= 0.3 is 0 Å². The number of pyridine rings is 1. The highest BCUT2D eigenvalue weighted by atomic mass is 35.5. The van der Waals surface area contributed by atoms with Gasteiger partial charge < -0.3 is 4.98 Å². The van der Waals surface area contributed by atoms with Crippen molar-refractivity contribution in [1.82, 2.24) is 14.5 Å². The van der Waals surface area contributed by atoms with Crippen molar-refractivity contribution in [2.24, 2.45) is 0 Å². The highest BCUT2D eigenvalue weighted by Crippen LogP contribution is 2.30. The average molecular weight is 286 g/mol. The maximum Gasteiger partial charge on any atom is 0.179 e. The minimum atomic E-state index is 0.462. The third-order valence-corrected chi connectivity index (χ3v) is 4.73. The van der Waals surface area contributed by atoms with E-state index in [4.69, 9.17) is 23.8 Å². The third-order valence-electron chi connectivity index (χ3n) is 3.02. The molecular weight excluding hydrogens is 274 g/mol. The summed E-state index contributed by atoms with van der Waals surface area (Å²) in [5.41, 5.74) is 1.85. The number of rotatable bonds is 1. The molecule has 2 aromatic heterocycles. The van der Waals surface area contributed by atoms with E-state index in [2.05, 4.69) is 14.5 Å². The van der Waals surface area contributed by atoms with Crippen LogP contribution in [0.15, 0.2) is 12.3 Å². The molecule has 0 spiro atoms. The molecule has 0 radical (unpaired) electrons. The summed E-state index contributed by atoms with van der Waals surface area (Å²) >= 11 is 13.3. The van der Waals surface area contributed by atoms with Crippen molar-refractivity contribution in [2.75, 3.05) is 11.5 Å². The SMILES string of the molecule is S=c1[nH]c2cc(Cl)cnc2n1C1CCCSC1. The largest absolute Gasteiger partial charge is 0.329 e. The van der Waals surface area contributed by atoms with E-state index in [1.165, 1.54) is 18.6 Å². The van der Waals surface area contributed by atoms with Crippen LogP contribution < -0.4 is 0 Å². The number of halogens is 1. The zero-order valence-corrected chi connectivity index (χ0v) is 11.5. The number of imidazole rings is 1. The first kappa shape index (κ1) is 11.6. The molecule has 1 saturated heterocycles. The van der Waals surface area contributed by atoms with Crippen molar-refractivity contribution < 1.29 is 0 Å². The number of H-pyrrole nitrogens is 1. The standard InChI is InChI=1S/C11H12ClN3S2/c12-7-4-9-10(13-5-7)15(11(16)14-9)8-2-1-3-17-6-8/h4-5,8H,1-3,6H2,(H,14,16). The molecule has 2 aromatic rings. The fraction of sp³-hybridized carbons (Fsp3) is 0.455. The maximum absolute atomic E-state index is 5.94. The Morgan fingerprint density at radius 3 is 3.24 bits per heavy atom. The minimum absolute atomic E-state index is 0.462. The number of hydrogen-bond acceptors (Lipinski definition) is 3. The summed E-state index contributed by atoms with van der Waals surface area (Å²) in [5, 5.41) is 0.638. The lowest BCUT2D eigenvalue weighted by molar-refractivity contribution is 0.504. The molecule has 0 aliphatic carbocycles. The molecule has 17 heavy (non-hydrogen) atoms. The topological polar surface area (TPSA) is 33.6 Å². The van der Waals surface area contributed by atoms with Crippen LogP contribution in [0.1, 0.15) is 18.9 Å². The van der Waals surface area contributed by atoms with Gasteiger partial charge in [0.05, 0.1) is 10.5 Å². The number of fused-ring (bicyclic) bond motifs is 1. The van der Waals surface area contributed by atoms with Crippen LogP contribution in [0.5, 0.6) is 0 Å². The zero-order valence-electron chi connectivity index (χ0n) is 9.15. The minimum Gasteiger partial charge on any atom is -0.329 e. The Bertz CT molecular complexity index is 598. The predicted octanol–water partition coefficient (Wildman–Crippen LogP) is 3.82. The van der Waals surface area contributed by atoms with Gasteiger partial charge in [-0.2, -0.15) is 11.8 Å². The fourth-order valence-electron chi connectivity index (χ4n) is 2.25. The van der Waals surface area contributed by atoms with Gasteiger partial charge in [-0.25, -0.2) is 4.98 Å². The summed E-state index contributed by atoms with van der Waals surface area (Å²) in [6, 6.07) is 2.34. The number of nitrogens with zero attached hydrogens (tertiary/aromatic N) is 2. The molecule has 0 amide bonds. The lowest BCUT2D eigenvalue weighted by atomic mass is 10.2. The molecule has 1 N–H and O–H groups in total. The van der Waals surface area contributed by atoms with Crippen molar-refractivity contribution in [3.05, 3.63) is 22.1 Å². The summed E-state index contributed by atoms with van der Waals surface area (Å²) in [5.74, 6) is 2.37. The Morgan fingerprint density at radius 2 is 2.47 bits per heavy atom. The van der Waals surface area contributed by atoms with Gasteiger partial charge in [0.25, 0.3) is 0 Å². The van der Waals surface area contributed by atoms with Gasteiger partial charge in [-0.3, -0.25) is 4.57 Å². The van der Waals surface area contributed by atoms with Gasteiger partial charge in [-0.1, -0.05) is 11.6 Å². The number of hydrogen-bond donors (Lipinski definition) is 1. The average Bonchev–Trinajstić information content (AvgIpc) is 2.65. The molecule has 90 valence electrons. The smallest absolute Gasteiger partial charge is 0.179 e. The summed E-state index contributed by atoms with van der Waals surface area (Å²) < 4.78 is 2.90. The highest BCUT2D eigenvalue weighted by molar-refractivity contribution is 7.99. The van der Waals surface area contributed by atoms with Crippen molar-refractivity contribution in [3.63, 3.8) is 0 Å². The number of aromatic amines is 1. The Morgan fingerprint density at radius 1 is 1.59 bits per heavy atom. The highest BCUT2D eigenvalue weighted by Gasteiger charge is 2.19. The van der Waals surface area contributed by atoms with E-state index in [-0.39, 0.29) is 0 Å². The Hall–Kier alpha value is -0.520. The number of thioether (sulfide) groups is 1. The summed E-state index contributed by atoms with van der Waals surface area (Å²) in [4.78, 5) is 7.59. The second-order valence-corrected chi connectivity index (χ2v) is 6.17. The summed E-state index contributed by atoms with van der Waals surface area (Å²) in [6.45, 7) is 0. The molecule has 6 heteroatoms. The maximum atomic E-state index is 5.94. The quantitative estimate of drug-likeness (QED) is 0.809. The van der Waals surface area contributed by atoms with Crippen LogP contribution in [0.4, 0.5) is 0 Å². The van der Waals surface area contributed by atoms with Crippen molar-refractivity contribution in [3.8, 4) is 0 Å². The second kappa shape index (κ2) is 4.63. The van der Waals surface area contributed by atoms with Crippen LogP contribution in [0.3, 0.4) is 0 Å². The number of aromatic nitrogens is 3. The molecule has 1 aliphatic rings. The molecule has 1 unspecified atom stereocenters. The molecule has 3 rings (SSSR count). The first-order valence-electron chi connectivity index (χ1n) is 5.59. The fourth-order valence-corrected chi connectivity index (χ4v) is 3.88. The van der Waals surface area contributed by atoms with Crippen molar-refractivity contribution in [2.45, 2.75) is 18.9 Å². The van der Waals surface area contributed by atoms with Gasteiger partial charge in [0, 0.05) is 18.0 Å². The van der Waals surface area contributed by atoms with Crippen LogP contribution in [-0.2, 0) is 0 Å². The van der Waals surface area contributed by atoms with E-state index in [0.29, 0.717) is 11.1 Å². The molecule has 1 fully saturated rings. The monoisotopic (exact) mass is 285 g/mol. The first-order valence-corrected chi connectivity index (χ1v) is 7.53. The molecule has 0 bridgehead atoms. The van der Waals surface area contributed by atoms with Gasteiger partial charge in [0.15, 0.2) is 10.4 Å². The van der Waals surface area contributed by atoms with Crippen molar-refractivity contribution >= 4 is 46.7 Å². The van der Waals surface area contributed by atoms with E-state index in [1.807, 2.05) is 17.8 Å². The van der Waals surface area contributed by atoms with E-state index in [1.54, 1.807) is 6.20 Å². The van der Waals surface area contributed by atoms with Crippen molar-refractivity contribution in [1.29, 1.82) is 0 Å². The molecule has 0 aromatic carbocycles. The third kappa shape index (κ3) is 2.11. The van der Waals surface area contributed by atoms with E-state index >= 15 is 0 Å². The summed E-state index contributed by atoms with van der Waals surface area (Å²) in [7, 11) is 0. The normalized spacial score (nSPS) is 20.9. The van der Waals surface area contributed by atoms with Crippen LogP contribution in [0.25, 0.3) is 11.2 Å². The van der Waals surface area contributed by atoms with E-state index in [9.17, 15) is 0 Å². The zero-order chi connectivity index (χ0) is 11.8. The first-order chi connectivity index (χ1) is 8.25. The molecule has 1 aliphatic heterocycles. The van der Waals surface area contributed by atoms with Crippen LogP contribution in [0, 0.1) is 4.77 Å². The predicted molar refractivity (Wildman–Crippen MR) is 75.5 cm³/mol. The lowest BCUT2D eigenvalue weighted by Gasteiger charge is -2.22. The van der Waals surface area contributed by atoms with E-state index in [0.717, 1.165) is 21.7 Å². The molecule has 3 heterocycles. The summed E-state index contributed by atoms with van der Waals surface area (Å²) in [6.07, 6.45) is 4.11. The second-order valence-electron chi connectivity index (χ2n) is 4.20. The molecule has 1 atom stereocenters. The lowest BCUT2D eigenvalue weighted by Crippen LogP contribution is -2.16. The Labute approximate surface area is 114 Å². The van der Waals surface area contributed by atoms with Crippen LogP contribution in [-0.4, -0.2) is 26.0 Å². The number of nitrogens with one attached hydrogen (secondary N) is 1. The molecule has 0 saturated carbocycles. The van der Waals surface area contributed by atoms with Gasteiger partial charge in [-0.05, 0) is 36.9 Å². The van der Waals surface area contributed by atoms with Gasteiger partial charge in [0.1, 0.15) is 0 Å². The molecule has 3 nitrogen and oxygen atoms in total. The molecular formula is C11H12ClN3S2. The van der Waals surface area contributed by atoms with E-state index < -0.39 is 0 Å². The van der Waals surface area contributed by atoms with Gasteiger partial charge in [-0.15, -0.1) is 0 Å².